The summed E-state index contributed by atoms with van der Waals surface area (Å²) < 4.78 is 1.98. The fourth-order valence-corrected chi connectivity index (χ4v) is 2.26. The summed E-state index contributed by atoms with van der Waals surface area (Å²) >= 11 is 0. The van der Waals surface area contributed by atoms with E-state index in [2.05, 4.69) is 35.6 Å². The number of anilines is 1. The molecule has 0 aliphatic heterocycles. The van der Waals surface area contributed by atoms with Crippen molar-refractivity contribution in [2.24, 2.45) is 0 Å². The summed E-state index contributed by atoms with van der Waals surface area (Å²) in [4.78, 5) is 11.1. The molecule has 1 aromatic heterocycles. The van der Waals surface area contributed by atoms with Crippen LogP contribution in [0.1, 0.15) is 38.1 Å². The number of hydrogen-bond donors (Lipinski definition) is 2. The Bertz CT molecular complexity index is 606. The highest BCUT2D eigenvalue weighted by molar-refractivity contribution is 5.88. The van der Waals surface area contributed by atoms with Crippen molar-refractivity contribution in [2.45, 2.75) is 39.9 Å². The van der Waals surface area contributed by atoms with Gasteiger partial charge in [0, 0.05) is 37.9 Å². The van der Waals surface area contributed by atoms with Crippen molar-refractivity contribution in [3.63, 3.8) is 0 Å². The topological polar surface area (TPSA) is 59.0 Å². The van der Waals surface area contributed by atoms with Gasteiger partial charge in [-0.15, -0.1) is 0 Å². The maximum atomic E-state index is 11.1. The van der Waals surface area contributed by atoms with Crippen LogP contribution < -0.4 is 10.6 Å². The molecule has 1 aromatic carbocycles. The van der Waals surface area contributed by atoms with Crippen molar-refractivity contribution in [3.8, 4) is 0 Å². The second-order valence-corrected chi connectivity index (χ2v) is 5.05. The van der Waals surface area contributed by atoms with Gasteiger partial charge in [0.15, 0.2) is 0 Å². The Morgan fingerprint density at radius 2 is 2.19 bits per heavy atom. The summed E-state index contributed by atoms with van der Waals surface area (Å²) in [6.45, 7) is 7.34. The summed E-state index contributed by atoms with van der Waals surface area (Å²) in [6, 6.07) is 10.1. The Morgan fingerprint density at radius 3 is 2.90 bits per heavy atom. The molecule has 21 heavy (non-hydrogen) atoms. The van der Waals surface area contributed by atoms with E-state index in [0.29, 0.717) is 0 Å². The minimum absolute atomic E-state index is 0.0559. The molecule has 0 spiro atoms. The van der Waals surface area contributed by atoms with E-state index in [-0.39, 0.29) is 11.9 Å². The van der Waals surface area contributed by atoms with Crippen molar-refractivity contribution in [3.05, 3.63) is 47.8 Å². The highest BCUT2D eigenvalue weighted by Gasteiger charge is 2.08. The third-order valence-corrected chi connectivity index (χ3v) is 3.40. The maximum Gasteiger partial charge on any atom is 0.221 e. The van der Waals surface area contributed by atoms with Gasteiger partial charge in [-0.25, -0.2) is 0 Å². The van der Waals surface area contributed by atoms with E-state index in [4.69, 9.17) is 0 Å². The third kappa shape index (κ3) is 4.16. The smallest absolute Gasteiger partial charge is 0.221 e. The first-order valence-electron chi connectivity index (χ1n) is 7.21. The number of carbonyl (C=O) groups is 1. The summed E-state index contributed by atoms with van der Waals surface area (Å²) in [6.07, 6.45) is 1.82. The lowest BCUT2D eigenvalue weighted by Crippen LogP contribution is -2.20. The fraction of sp³-hybridized carbons (Fsp3) is 0.375. The van der Waals surface area contributed by atoms with Gasteiger partial charge in [-0.2, -0.15) is 5.10 Å². The molecule has 2 aromatic rings. The highest BCUT2D eigenvalue weighted by atomic mass is 16.1. The van der Waals surface area contributed by atoms with E-state index in [1.165, 1.54) is 12.6 Å². The van der Waals surface area contributed by atoms with Crippen LogP contribution >= 0.6 is 0 Å². The first-order valence-corrected chi connectivity index (χ1v) is 7.21. The average Bonchev–Trinajstić information content (AvgIpc) is 2.91. The van der Waals surface area contributed by atoms with Crippen molar-refractivity contribution in [2.75, 3.05) is 5.32 Å². The molecule has 1 atom stereocenters. The Labute approximate surface area is 125 Å². The molecule has 1 amide bonds. The Kier molecular flexibility index (Phi) is 5.11. The van der Waals surface area contributed by atoms with Gasteiger partial charge in [-0.1, -0.05) is 12.1 Å². The lowest BCUT2D eigenvalue weighted by molar-refractivity contribution is -0.114. The van der Waals surface area contributed by atoms with Gasteiger partial charge in [0.05, 0.1) is 5.69 Å². The van der Waals surface area contributed by atoms with E-state index in [1.54, 1.807) is 0 Å². The van der Waals surface area contributed by atoms with Crippen LogP contribution in [0.5, 0.6) is 0 Å². The van der Waals surface area contributed by atoms with E-state index >= 15 is 0 Å². The molecule has 2 N–H and O–H groups in total. The number of amides is 1. The van der Waals surface area contributed by atoms with Gasteiger partial charge in [0.25, 0.3) is 0 Å². The summed E-state index contributed by atoms with van der Waals surface area (Å²) in [5.74, 6) is -0.0559. The van der Waals surface area contributed by atoms with Crippen molar-refractivity contribution >= 4 is 11.6 Å². The predicted octanol–water partition coefficient (Wildman–Crippen LogP) is 2.71. The number of rotatable bonds is 6. The maximum absolute atomic E-state index is 11.1. The zero-order chi connectivity index (χ0) is 15.2. The minimum Gasteiger partial charge on any atom is -0.326 e. The molecular weight excluding hydrogens is 264 g/mol. The van der Waals surface area contributed by atoms with Gasteiger partial charge in [0.1, 0.15) is 0 Å². The minimum atomic E-state index is -0.0559. The van der Waals surface area contributed by atoms with Crippen LogP contribution in [-0.2, 0) is 17.9 Å². The number of carbonyl (C=O) groups excluding carboxylic acids is 1. The zero-order valence-corrected chi connectivity index (χ0v) is 12.8. The van der Waals surface area contributed by atoms with Gasteiger partial charge in [-0.05, 0) is 37.6 Å². The van der Waals surface area contributed by atoms with Crippen molar-refractivity contribution < 1.29 is 4.79 Å². The number of nitrogens with one attached hydrogen (secondary N) is 2. The normalized spacial score (nSPS) is 12.1. The van der Waals surface area contributed by atoms with Crippen LogP contribution in [-0.4, -0.2) is 15.7 Å². The summed E-state index contributed by atoms with van der Waals surface area (Å²) in [5, 5.41) is 10.6. The summed E-state index contributed by atoms with van der Waals surface area (Å²) in [7, 11) is 0. The van der Waals surface area contributed by atoms with E-state index < -0.39 is 0 Å². The van der Waals surface area contributed by atoms with E-state index in [1.807, 2.05) is 35.1 Å². The largest absolute Gasteiger partial charge is 0.326 e. The monoisotopic (exact) mass is 286 g/mol. The van der Waals surface area contributed by atoms with Crippen molar-refractivity contribution in [1.29, 1.82) is 0 Å². The number of aryl methyl sites for hydroxylation is 1. The Hall–Kier alpha value is -2.14. The first-order chi connectivity index (χ1) is 10.1. The van der Waals surface area contributed by atoms with Crippen molar-refractivity contribution in [1.82, 2.24) is 15.1 Å². The van der Waals surface area contributed by atoms with Crippen LogP contribution in [0.15, 0.2) is 36.5 Å². The lowest BCUT2D eigenvalue weighted by atomic mass is 10.1. The first kappa shape index (κ1) is 15.3. The molecule has 0 aliphatic carbocycles. The van der Waals surface area contributed by atoms with Crippen LogP contribution in [0.25, 0.3) is 0 Å². The average molecular weight is 286 g/mol. The molecule has 0 aliphatic rings. The molecular formula is C16H22N4O. The highest BCUT2D eigenvalue weighted by Crippen LogP contribution is 2.18. The molecule has 0 bridgehead atoms. The molecule has 0 saturated heterocycles. The number of benzene rings is 1. The predicted molar refractivity (Wildman–Crippen MR) is 83.9 cm³/mol. The standard InChI is InChI=1S/C16H22N4O/c1-4-20-16(8-9-18-20)11-17-12(2)14-6-5-7-15(10-14)19-13(3)21/h5-10,12,17H,4,11H2,1-3H3,(H,19,21). The molecule has 0 saturated carbocycles. The fourth-order valence-electron chi connectivity index (χ4n) is 2.26. The van der Waals surface area contributed by atoms with Crippen LogP contribution in [0.2, 0.25) is 0 Å². The number of aromatic nitrogens is 2. The van der Waals surface area contributed by atoms with Gasteiger partial charge < -0.3 is 10.6 Å². The van der Waals surface area contributed by atoms with Gasteiger partial charge >= 0.3 is 0 Å². The van der Waals surface area contributed by atoms with E-state index in [9.17, 15) is 4.79 Å². The van der Waals surface area contributed by atoms with Gasteiger partial charge in [0.2, 0.25) is 5.91 Å². The lowest BCUT2D eigenvalue weighted by Gasteiger charge is -2.16. The molecule has 2 rings (SSSR count). The van der Waals surface area contributed by atoms with Crippen LogP contribution in [0.3, 0.4) is 0 Å². The number of hydrogen-bond acceptors (Lipinski definition) is 3. The van der Waals surface area contributed by atoms with Crippen LogP contribution in [0, 0.1) is 0 Å². The third-order valence-electron chi connectivity index (χ3n) is 3.40. The molecule has 5 heteroatoms. The zero-order valence-electron chi connectivity index (χ0n) is 12.8. The van der Waals surface area contributed by atoms with Crippen LogP contribution in [0.4, 0.5) is 5.69 Å². The second-order valence-electron chi connectivity index (χ2n) is 5.05. The number of nitrogens with zero attached hydrogens (tertiary/aromatic N) is 2. The molecule has 112 valence electrons. The second kappa shape index (κ2) is 7.04. The quantitative estimate of drug-likeness (QED) is 0.858. The Morgan fingerprint density at radius 1 is 1.38 bits per heavy atom. The van der Waals surface area contributed by atoms with E-state index in [0.717, 1.165) is 24.3 Å². The summed E-state index contributed by atoms with van der Waals surface area (Å²) in [5.41, 5.74) is 3.14. The van der Waals surface area contributed by atoms with Gasteiger partial charge in [-0.3, -0.25) is 9.48 Å². The molecule has 5 nitrogen and oxygen atoms in total. The molecule has 0 radical (unpaired) electrons. The Balaban J connectivity index is 2.00. The molecule has 0 fully saturated rings. The SMILES string of the molecule is CCn1nccc1CNC(C)c1cccc(NC(C)=O)c1. The molecule has 1 heterocycles. The molecule has 1 unspecified atom stereocenters.